The van der Waals surface area contributed by atoms with Crippen LogP contribution in [0.25, 0.3) is 0 Å². The first kappa shape index (κ1) is 20.4. The van der Waals surface area contributed by atoms with Gasteiger partial charge < -0.3 is 24.5 Å². The molecular weight excluding hydrogens is 369 g/mol. The van der Waals surface area contributed by atoms with E-state index >= 15 is 0 Å². The van der Waals surface area contributed by atoms with Crippen molar-refractivity contribution in [3.8, 4) is 0 Å². The standard InChI is InChI=1S/C7H17O12P3/c1-5-3-6(8)7(17-5)4-16-21(11,12)19-22(13,14)18-20(9,10)15-2/h5-8H,3-4H2,1-2H3,(H,9,10)(H,11,12)(H,13,14)/t5-,6+,7+/m0/s1. The van der Waals surface area contributed by atoms with Crippen molar-refractivity contribution in [3.05, 3.63) is 0 Å². The maximum atomic E-state index is 11.5. The smallest absolute Gasteiger partial charge is 0.390 e. The molecule has 0 aliphatic carbocycles. The van der Waals surface area contributed by atoms with Crippen molar-refractivity contribution in [1.29, 1.82) is 0 Å². The molecule has 0 radical (unpaired) electrons. The molecular formula is C7H17O12P3. The number of aliphatic hydroxyl groups is 1. The molecule has 0 aromatic heterocycles. The number of phosphoric acid groups is 3. The predicted molar refractivity (Wildman–Crippen MR) is 69.6 cm³/mol. The van der Waals surface area contributed by atoms with Crippen molar-refractivity contribution < 1.29 is 55.9 Å². The lowest BCUT2D eigenvalue weighted by molar-refractivity contribution is -0.0167. The van der Waals surface area contributed by atoms with Crippen LogP contribution in [0.2, 0.25) is 0 Å². The molecule has 0 saturated carbocycles. The molecule has 1 saturated heterocycles. The second-order valence-electron chi connectivity index (χ2n) is 4.34. The SMILES string of the molecule is COP(=O)(O)OP(=O)(O)OP(=O)(O)OC[C@H]1O[C@@H](C)C[C@H]1O. The van der Waals surface area contributed by atoms with Crippen molar-refractivity contribution in [2.24, 2.45) is 0 Å². The molecule has 1 heterocycles. The Morgan fingerprint density at radius 2 is 1.64 bits per heavy atom. The van der Waals surface area contributed by atoms with Gasteiger partial charge in [0.2, 0.25) is 0 Å². The van der Waals surface area contributed by atoms with E-state index in [9.17, 15) is 23.7 Å². The van der Waals surface area contributed by atoms with Gasteiger partial charge in [-0.15, -0.1) is 0 Å². The van der Waals surface area contributed by atoms with Crippen molar-refractivity contribution in [3.63, 3.8) is 0 Å². The molecule has 0 amide bonds. The summed E-state index contributed by atoms with van der Waals surface area (Å²) < 4.78 is 54.7. The Morgan fingerprint density at radius 3 is 2.09 bits per heavy atom. The van der Waals surface area contributed by atoms with Crippen molar-refractivity contribution in [2.75, 3.05) is 13.7 Å². The third kappa shape index (κ3) is 6.84. The highest BCUT2D eigenvalue weighted by Gasteiger charge is 2.42. The minimum Gasteiger partial charge on any atom is -0.390 e. The summed E-state index contributed by atoms with van der Waals surface area (Å²) in [7, 11) is -14.8. The Bertz CT molecular complexity index is 521. The van der Waals surface area contributed by atoms with Gasteiger partial charge in [-0.25, -0.2) is 13.7 Å². The van der Waals surface area contributed by atoms with E-state index in [0.29, 0.717) is 7.11 Å². The zero-order valence-electron chi connectivity index (χ0n) is 11.5. The zero-order valence-corrected chi connectivity index (χ0v) is 14.2. The maximum Gasteiger partial charge on any atom is 0.490 e. The lowest BCUT2D eigenvalue weighted by Crippen LogP contribution is -2.26. The first-order valence-corrected chi connectivity index (χ1v) is 10.3. The zero-order chi connectivity index (χ0) is 17.2. The number of hydrogen-bond donors (Lipinski definition) is 4. The number of aliphatic hydroxyl groups excluding tert-OH is 1. The summed E-state index contributed by atoms with van der Waals surface area (Å²) in [6, 6.07) is 0. The van der Waals surface area contributed by atoms with E-state index in [4.69, 9.17) is 14.5 Å². The Morgan fingerprint density at radius 1 is 1.09 bits per heavy atom. The molecule has 1 rings (SSSR count). The highest BCUT2D eigenvalue weighted by Crippen LogP contribution is 2.67. The van der Waals surface area contributed by atoms with Gasteiger partial charge in [0.1, 0.15) is 6.10 Å². The molecule has 4 N–H and O–H groups in total. The largest absolute Gasteiger partial charge is 0.490 e. The van der Waals surface area contributed by atoms with Crippen LogP contribution in [0.5, 0.6) is 0 Å². The first-order chi connectivity index (χ1) is 9.86. The lowest BCUT2D eigenvalue weighted by Gasteiger charge is -2.19. The highest BCUT2D eigenvalue weighted by molar-refractivity contribution is 7.66. The van der Waals surface area contributed by atoms with Gasteiger partial charge in [0.25, 0.3) is 0 Å². The van der Waals surface area contributed by atoms with Crippen LogP contribution in [-0.2, 0) is 36.1 Å². The fourth-order valence-corrected chi connectivity index (χ4v) is 4.85. The normalized spacial score (nSPS) is 33.8. The van der Waals surface area contributed by atoms with Crippen LogP contribution in [0.1, 0.15) is 13.3 Å². The fourth-order valence-electron chi connectivity index (χ4n) is 1.59. The first-order valence-electron chi connectivity index (χ1n) is 5.81. The molecule has 22 heavy (non-hydrogen) atoms. The van der Waals surface area contributed by atoms with Gasteiger partial charge in [-0.05, 0) is 6.92 Å². The molecule has 1 fully saturated rings. The van der Waals surface area contributed by atoms with Gasteiger partial charge in [-0.1, -0.05) is 0 Å². The average molecular weight is 386 g/mol. The van der Waals surface area contributed by atoms with Gasteiger partial charge >= 0.3 is 23.5 Å². The molecule has 12 nitrogen and oxygen atoms in total. The molecule has 0 bridgehead atoms. The molecule has 6 atom stereocenters. The van der Waals surface area contributed by atoms with Crippen LogP contribution in [0.3, 0.4) is 0 Å². The molecule has 132 valence electrons. The van der Waals surface area contributed by atoms with E-state index in [2.05, 4.69) is 17.7 Å². The lowest BCUT2D eigenvalue weighted by atomic mass is 10.1. The monoisotopic (exact) mass is 386 g/mol. The quantitative estimate of drug-likeness (QED) is 0.426. The van der Waals surface area contributed by atoms with Crippen LogP contribution in [0.15, 0.2) is 0 Å². The third-order valence-corrected chi connectivity index (χ3v) is 6.69. The fraction of sp³-hybridized carbons (Fsp3) is 1.00. The summed E-state index contributed by atoms with van der Waals surface area (Å²) in [4.78, 5) is 27.2. The van der Waals surface area contributed by atoms with E-state index in [1.54, 1.807) is 6.92 Å². The number of ether oxygens (including phenoxy) is 1. The van der Waals surface area contributed by atoms with Crippen LogP contribution in [0, 0.1) is 0 Å². The third-order valence-electron chi connectivity index (χ3n) is 2.46. The molecule has 1 aliphatic rings. The Kier molecular flexibility index (Phi) is 6.93. The molecule has 0 aromatic rings. The van der Waals surface area contributed by atoms with Crippen molar-refractivity contribution in [2.45, 2.75) is 31.7 Å². The number of hydrogen-bond acceptors (Lipinski definition) is 9. The van der Waals surface area contributed by atoms with Crippen LogP contribution in [-0.4, -0.2) is 51.8 Å². The maximum absolute atomic E-state index is 11.5. The average Bonchev–Trinajstić information content (AvgIpc) is 2.62. The summed E-state index contributed by atoms with van der Waals surface area (Å²) in [5, 5.41) is 9.54. The van der Waals surface area contributed by atoms with E-state index in [1.165, 1.54) is 0 Å². The summed E-state index contributed by atoms with van der Waals surface area (Å²) in [6.45, 7) is 1.05. The van der Waals surface area contributed by atoms with Crippen molar-refractivity contribution >= 4 is 23.5 Å². The summed E-state index contributed by atoms with van der Waals surface area (Å²) in [6.07, 6.45) is -1.88. The number of phosphoric ester groups is 2. The van der Waals surface area contributed by atoms with Gasteiger partial charge in [0.05, 0.1) is 18.8 Å². The van der Waals surface area contributed by atoms with Gasteiger partial charge in [-0.2, -0.15) is 8.62 Å². The Balaban J connectivity index is 2.58. The summed E-state index contributed by atoms with van der Waals surface area (Å²) in [5.41, 5.74) is 0. The summed E-state index contributed by atoms with van der Waals surface area (Å²) in [5.74, 6) is 0. The Labute approximate surface area is 125 Å². The van der Waals surface area contributed by atoms with Crippen molar-refractivity contribution in [1.82, 2.24) is 0 Å². The van der Waals surface area contributed by atoms with E-state index in [1.807, 2.05) is 0 Å². The molecule has 0 aromatic carbocycles. The summed E-state index contributed by atoms with van der Waals surface area (Å²) >= 11 is 0. The van der Waals surface area contributed by atoms with Crippen LogP contribution in [0.4, 0.5) is 0 Å². The van der Waals surface area contributed by atoms with Gasteiger partial charge in [0.15, 0.2) is 0 Å². The highest BCUT2D eigenvalue weighted by atomic mass is 31.3. The minimum absolute atomic E-state index is 0.285. The Hall–Kier alpha value is 0.330. The van der Waals surface area contributed by atoms with Gasteiger partial charge in [0, 0.05) is 13.5 Å². The second kappa shape index (κ2) is 7.48. The minimum atomic E-state index is -5.42. The molecule has 3 unspecified atom stereocenters. The van der Waals surface area contributed by atoms with Crippen LogP contribution >= 0.6 is 23.5 Å². The molecule has 0 spiro atoms. The van der Waals surface area contributed by atoms with Crippen LogP contribution < -0.4 is 0 Å². The number of rotatable bonds is 8. The predicted octanol–water partition coefficient (Wildman–Crippen LogP) is 0.522. The van der Waals surface area contributed by atoms with Gasteiger partial charge in [-0.3, -0.25) is 9.05 Å². The van der Waals surface area contributed by atoms with E-state index < -0.39 is 42.3 Å². The topological polar surface area (TPSA) is 178 Å². The molecule has 1 aliphatic heterocycles. The second-order valence-corrected chi connectivity index (χ2v) is 9.08. The van der Waals surface area contributed by atoms with E-state index in [-0.39, 0.29) is 12.5 Å². The van der Waals surface area contributed by atoms with E-state index in [0.717, 1.165) is 0 Å². The molecule has 15 heteroatoms.